The first kappa shape index (κ1) is 24.5. The SMILES string of the molecule is CC(Oc1ccccc1F)c1nnc(SCC(=O)Nc2cc([N+](=O)[O-])ccc2Cl)n1C(C)C. The van der Waals surface area contributed by atoms with Crippen molar-refractivity contribution in [1.82, 2.24) is 14.8 Å². The molecule has 33 heavy (non-hydrogen) atoms. The molecule has 3 aromatic rings. The lowest BCUT2D eigenvalue weighted by molar-refractivity contribution is -0.384. The molecule has 9 nitrogen and oxygen atoms in total. The van der Waals surface area contributed by atoms with Gasteiger partial charge in [0.2, 0.25) is 5.91 Å². The number of amides is 1. The summed E-state index contributed by atoms with van der Waals surface area (Å²) >= 11 is 7.17. The second-order valence-corrected chi connectivity index (χ2v) is 8.60. The molecule has 2 aromatic carbocycles. The number of ether oxygens (including phenoxy) is 1. The molecule has 0 aliphatic carbocycles. The van der Waals surface area contributed by atoms with Crippen LogP contribution in [0.1, 0.15) is 38.7 Å². The Morgan fingerprint density at radius 3 is 2.67 bits per heavy atom. The van der Waals surface area contributed by atoms with E-state index in [0.717, 1.165) is 11.8 Å². The largest absolute Gasteiger partial charge is 0.480 e. The predicted molar refractivity (Wildman–Crippen MR) is 123 cm³/mol. The van der Waals surface area contributed by atoms with E-state index >= 15 is 0 Å². The second-order valence-electron chi connectivity index (χ2n) is 7.25. The summed E-state index contributed by atoms with van der Waals surface area (Å²) in [6, 6.07) is 9.82. The molecule has 3 rings (SSSR count). The molecule has 0 spiro atoms. The molecule has 1 aromatic heterocycles. The first-order chi connectivity index (χ1) is 15.7. The molecule has 0 saturated carbocycles. The van der Waals surface area contributed by atoms with Gasteiger partial charge < -0.3 is 14.6 Å². The van der Waals surface area contributed by atoms with Crippen LogP contribution in [-0.2, 0) is 4.79 Å². The molecular formula is C21H21ClFN5O4S. The Hall–Kier alpha value is -3.18. The molecule has 0 radical (unpaired) electrons. The Kier molecular flexibility index (Phi) is 7.88. The second kappa shape index (κ2) is 10.6. The zero-order valence-electron chi connectivity index (χ0n) is 18.0. The number of hydrogen-bond donors (Lipinski definition) is 1. The van der Waals surface area contributed by atoms with Crippen molar-refractivity contribution in [2.24, 2.45) is 0 Å². The first-order valence-electron chi connectivity index (χ1n) is 9.90. The normalized spacial score (nSPS) is 11.9. The van der Waals surface area contributed by atoms with Gasteiger partial charge in [0, 0.05) is 18.2 Å². The van der Waals surface area contributed by atoms with Gasteiger partial charge in [0.05, 0.1) is 21.4 Å². The molecule has 1 atom stereocenters. The number of nitro benzene ring substituents is 1. The number of carbonyl (C=O) groups is 1. The fourth-order valence-corrected chi connectivity index (χ4v) is 4.01. The van der Waals surface area contributed by atoms with E-state index in [1.165, 1.54) is 30.3 Å². The fourth-order valence-electron chi connectivity index (χ4n) is 2.97. The Bertz CT molecular complexity index is 1170. The third-order valence-electron chi connectivity index (χ3n) is 4.48. The van der Waals surface area contributed by atoms with E-state index in [-0.39, 0.29) is 33.9 Å². The van der Waals surface area contributed by atoms with E-state index < -0.39 is 22.8 Å². The van der Waals surface area contributed by atoms with Crippen molar-refractivity contribution >= 4 is 40.6 Å². The standard InChI is InChI=1S/C21H21ClFN5O4S/c1-12(2)27-20(13(3)32-18-7-5-4-6-16(18)23)25-26-21(27)33-11-19(29)24-17-10-14(28(30)31)8-9-15(17)22/h4-10,12-13H,11H2,1-3H3,(H,24,29). The maximum Gasteiger partial charge on any atom is 0.271 e. The monoisotopic (exact) mass is 493 g/mol. The molecular weight excluding hydrogens is 473 g/mol. The average molecular weight is 494 g/mol. The molecule has 1 heterocycles. The molecule has 0 bridgehead atoms. The van der Waals surface area contributed by atoms with Crippen molar-refractivity contribution in [3.8, 4) is 5.75 Å². The predicted octanol–water partition coefficient (Wildman–Crippen LogP) is 5.43. The summed E-state index contributed by atoms with van der Waals surface area (Å²) in [5, 5.41) is 22.5. The lowest BCUT2D eigenvalue weighted by Crippen LogP contribution is -2.17. The smallest absolute Gasteiger partial charge is 0.271 e. The summed E-state index contributed by atoms with van der Waals surface area (Å²) in [5.74, 6) is -0.348. The fraction of sp³-hybridized carbons (Fsp3) is 0.286. The van der Waals surface area contributed by atoms with E-state index in [4.69, 9.17) is 16.3 Å². The number of halogens is 2. The minimum atomic E-state index is -0.594. The summed E-state index contributed by atoms with van der Waals surface area (Å²) in [6.45, 7) is 5.59. The molecule has 174 valence electrons. The van der Waals surface area contributed by atoms with Crippen LogP contribution in [0.2, 0.25) is 5.02 Å². The Morgan fingerprint density at radius 2 is 2.00 bits per heavy atom. The van der Waals surface area contributed by atoms with Crippen LogP contribution in [-0.4, -0.2) is 31.3 Å². The number of aromatic nitrogens is 3. The number of non-ortho nitro benzene ring substituents is 1. The summed E-state index contributed by atoms with van der Waals surface area (Å²) in [7, 11) is 0. The number of benzene rings is 2. The van der Waals surface area contributed by atoms with Gasteiger partial charge in [-0.05, 0) is 39.0 Å². The van der Waals surface area contributed by atoms with Gasteiger partial charge in [-0.15, -0.1) is 10.2 Å². The summed E-state index contributed by atoms with van der Waals surface area (Å²) in [4.78, 5) is 22.8. The van der Waals surface area contributed by atoms with Gasteiger partial charge in [0.1, 0.15) is 0 Å². The van der Waals surface area contributed by atoms with Crippen LogP contribution in [0.4, 0.5) is 15.8 Å². The number of thioether (sulfide) groups is 1. The minimum absolute atomic E-state index is 0.0353. The van der Waals surface area contributed by atoms with Crippen LogP contribution in [0, 0.1) is 15.9 Å². The van der Waals surface area contributed by atoms with Gasteiger partial charge >= 0.3 is 0 Å². The topological polar surface area (TPSA) is 112 Å². The Balaban J connectivity index is 1.71. The highest BCUT2D eigenvalue weighted by atomic mass is 35.5. The van der Waals surface area contributed by atoms with Gasteiger partial charge in [-0.3, -0.25) is 14.9 Å². The number of nitrogens with zero attached hydrogens (tertiary/aromatic N) is 4. The van der Waals surface area contributed by atoms with Crippen LogP contribution in [0.3, 0.4) is 0 Å². The molecule has 0 aliphatic rings. The summed E-state index contributed by atoms with van der Waals surface area (Å²) in [6.07, 6.45) is -0.594. The molecule has 1 amide bonds. The van der Waals surface area contributed by atoms with Crippen LogP contribution < -0.4 is 10.1 Å². The maximum atomic E-state index is 14.0. The summed E-state index contributed by atoms with van der Waals surface area (Å²) in [5.41, 5.74) is -0.0372. The number of nitrogens with one attached hydrogen (secondary N) is 1. The van der Waals surface area contributed by atoms with Crippen molar-refractivity contribution in [3.63, 3.8) is 0 Å². The minimum Gasteiger partial charge on any atom is -0.480 e. The third kappa shape index (κ3) is 5.99. The van der Waals surface area contributed by atoms with E-state index in [1.807, 2.05) is 18.4 Å². The average Bonchev–Trinajstić information content (AvgIpc) is 3.20. The van der Waals surface area contributed by atoms with Crippen molar-refractivity contribution in [2.75, 3.05) is 11.1 Å². The van der Waals surface area contributed by atoms with Crippen molar-refractivity contribution < 1.29 is 18.8 Å². The highest BCUT2D eigenvalue weighted by Crippen LogP contribution is 2.30. The number of carbonyl (C=O) groups excluding carboxylic acids is 1. The van der Waals surface area contributed by atoms with Gasteiger partial charge in [0.25, 0.3) is 5.69 Å². The Morgan fingerprint density at radius 1 is 1.27 bits per heavy atom. The highest BCUT2D eigenvalue weighted by molar-refractivity contribution is 7.99. The van der Waals surface area contributed by atoms with Gasteiger partial charge in [-0.25, -0.2) is 4.39 Å². The number of hydrogen-bond acceptors (Lipinski definition) is 7. The van der Waals surface area contributed by atoms with Gasteiger partial charge in [-0.1, -0.05) is 35.5 Å². The van der Waals surface area contributed by atoms with Crippen molar-refractivity contribution in [1.29, 1.82) is 0 Å². The Labute approximate surface area is 198 Å². The molecule has 0 fully saturated rings. The van der Waals surface area contributed by atoms with Gasteiger partial charge in [-0.2, -0.15) is 0 Å². The zero-order chi connectivity index (χ0) is 24.1. The molecule has 0 aliphatic heterocycles. The lowest BCUT2D eigenvalue weighted by atomic mass is 10.3. The number of para-hydroxylation sites is 1. The lowest BCUT2D eigenvalue weighted by Gasteiger charge is -2.19. The van der Waals surface area contributed by atoms with Crippen LogP contribution in [0.15, 0.2) is 47.6 Å². The molecule has 12 heteroatoms. The molecule has 1 N–H and O–H groups in total. The van der Waals surface area contributed by atoms with Crippen LogP contribution >= 0.6 is 23.4 Å². The van der Waals surface area contributed by atoms with Crippen LogP contribution in [0.25, 0.3) is 0 Å². The van der Waals surface area contributed by atoms with E-state index in [9.17, 15) is 19.3 Å². The number of nitro groups is 1. The van der Waals surface area contributed by atoms with E-state index in [2.05, 4.69) is 15.5 Å². The van der Waals surface area contributed by atoms with Gasteiger partial charge in [0.15, 0.2) is 28.7 Å². The molecule has 0 saturated heterocycles. The van der Waals surface area contributed by atoms with E-state index in [0.29, 0.717) is 11.0 Å². The summed E-state index contributed by atoms with van der Waals surface area (Å²) < 4.78 is 21.5. The maximum absolute atomic E-state index is 14.0. The number of anilines is 1. The highest BCUT2D eigenvalue weighted by Gasteiger charge is 2.23. The zero-order valence-corrected chi connectivity index (χ0v) is 19.6. The first-order valence-corrected chi connectivity index (χ1v) is 11.3. The van der Waals surface area contributed by atoms with Crippen LogP contribution in [0.5, 0.6) is 5.75 Å². The third-order valence-corrected chi connectivity index (χ3v) is 5.75. The van der Waals surface area contributed by atoms with Crippen molar-refractivity contribution in [2.45, 2.75) is 38.1 Å². The quantitative estimate of drug-likeness (QED) is 0.240. The van der Waals surface area contributed by atoms with E-state index in [1.54, 1.807) is 19.1 Å². The molecule has 1 unspecified atom stereocenters. The number of rotatable bonds is 9. The van der Waals surface area contributed by atoms with Crippen molar-refractivity contribution in [3.05, 3.63) is 69.2 Å².